The summed E-state index contributed by atoms with van der Waals surface area (Å²) in [4.78, 5) is 9.40. The number of hydrogen-bond donors (Lipinski definition) is 1. The fourth-order valence-corrected chi connectivity index (χ4v) is 4.78. The Morgan fingerprint density at radius 1 is 1.15 bits per heavy atom. The molecule has 1 atom stereocenters. The van der Waals surface area contributed by atoms with E-state index in [0.29, 0.717) is 24.0 Å². The van der Waals surface area contributed by atoms with Gasteiger partial charge in [-0.2, -0.15) is 5.10 Å². The van der Waals surface area contributed by atoms with Crippen LogP contribution in [0.1, 0.15) is 48.3 Å². The second kappa shape index (κ2) is 7.47. The number of pyridine rings is 1. The van der Waals surface area contributed by atoms with Crippen molar-refractivity contribution in [1.82, 2.24) is 24.3 Å². The minimum absolute atomic E-state index is 0.222. The molecule has 7 nitrogen and oxygen atoms in total. The van der Waals surface area contributed by atoms with E-state index in [2.05, 4.69) is 52.5 Å². The Labute approximate surface area is 193 Å². The van der Waals surface area contributed by atoms with Gasteiger partial charge in [-0.05, 0) is 45.6 Å². The van der Waals surface area contributed by atoms with Crippen LogP contribution in [0.3, 0.4) is 0 Å². The van der Waals surface area contributed by atoms with E-state index in [0.717, 1.165) is 46.0 Å². The van der Waals surface area contributed by atoms with Gasteiger partial charge in [-0.3, -0.25) is 4.68 Å². The summed E-state index contributed by atoms with van der Waals surface area (Å²) in [7, 11) is 0. The van der Waals surface area contributed by atoms with E-state index in [9.17, 15) is 0 Å². The van der Waals surface area contributed by atoms with Gasteiger partial charge in [0, 0.05) is 41.2 Å². The van der Waals surface area contributed by atoms with Crippen molar-refractivity contribution in [2.75, 3.05) is 5.73 Å². The van der Waals surface area contributed by atoms with Crippen molar-refractivity contribution in [1.29, 1.82) is 0 Å². The predicted octanol–water partition coefficient (Wildman–Crippen LogP) is 4.92. The molecular weight excluding hydrogens is 412 g/mol. The van der Waals surface area contributed by atoms with Crippen LogP contribution in [0.4, 0.5) is 5.82 Å². The summed E-state index contributed by atoms with van der Waals surface area (Å²) in [5, 5.41) is 4.78. The molecule has 0 amide bonds. The van der Waals surface area contributed by atoms with Crippen molar-refractivity contribution >= 4 is 5.82 Å². The van der Waals surface area contributed by atoms with Crippen molar-refractivity contribution in [2.45, 2.75) is 52.8 Å². The highest BCUT2D eigenvalue weighted by Crippen LogP contribution is 2.38. The molecule has 33 heavy (non-hydrogen) atoms. The average Bonchev–Trinajstić information content (AvgIpc) is 3.41. The highest BCUT2D eigenvalue weighted by atomic mass is 16.5. The minimum atomic E-state index is -0.222. The third kappa shape index (κ3) is 3.57. The number of aromatic nitrogens is 5. The molecule has 1 fully saturated rings. The molecule has 0 spiro atoms. The molecule has 0 saturated heterocycles. The number of aryl methyl sites for hydroxylation is 2. The SMILES string of the molecule is Cc1ccc2c(c1)C(C)Oc1cc(cnc1N)-c1c(cnn1CC1CC1)Cn1cc(C)nc1-2. The fourth-order valence-electron chi connectivity index (χ4n) is 4.78. The van der Waals surface area contributed by atoms with Crippen LogP contribution in [0.5, 0.6) is 5.75 Å². The van der Waals surface area contributed by atoms with E-state index in [1.165, 1.54) is 18.4 Å². The summed E-state index contributed by atoms with van der Waals surface area (Å²) < 4.78 is 10.8. The highest BCUT2D eigenvalue weighted by Gasteiger charge is 2.27. The Kier molecular flexibility index (Phi) is 4.54. The highest BCUT2D eigenvalue weighted by molar-refractivity contribution is 5.69. The van der Waals surface area contributed by atoms with E-state index in [1.54, 1.807) is 0 Å². The Morgan fingerprint density at radius 2 is 2.00 bits per heavy atom. The van der Waals surface area contributed by atoms with E-state index < -0.39 is 0 Å². The van der Waals surface area contributed by atoms with E-state index in [4.69, 9.17) is 20.6 Å². The number of benzene rings is 1. The van der Waals surface area contributed by atoms with Gasteiger partial charge in [0.1, 0.15) is 11.9 Å². The molecule has 1 unspecified atom stereocenters. The van der Waals surface area contributed by atoms with Gasteiger partial charge in [-0.15, -0.1) is 0 Å². The number of nitrogens with two attached hydrogens (primary N) is 1. The number of rotatable bonds is 2. The molecule has 4 heterocycles. The molecule has 1 saturated carbocycles. The lowest BCUT2D eigenvalue weighted by molar-refractivity contribution is 0.228. The second-order valence-corrected chi connectivity index (χ2v) is 9.44. The molecule has 1 aliphatic heterocycles. The van der Waals surface area contributed by atoms with E-state index in [1.807, 2.05) is 25.4 Å². The van der Waals surface area contributed by atoms with Gasteiger partial charge in [-0.1, -0.05) is 23.8 Å². The molecule has 4 aromatic rings. The topological polar surface area (TPSA) is 83.8 Å². The van der Waals surface area contributed by atoms with Crippen LogP contribution in [-0.4, -0.2) is 24.3 Å². The van der Waals surface area contributed by atoms with E-state index >= 15 is 0 Å². The number of ether oxygens (including phenoxy) is 1. The van der Waals surface area contributed by atoms with Crippen LogP contribution in [0.15, 0.2) is 42.9 Å². The first-order chi connectivity index (χ1) is 16.0. The standard InChI is InChI=1S/C26H28N6O/c1-15-4-7-21-22(8-15)17(3)33-23-9-19(10-28-25(23)27)24-20(11-29-32(24)13-18-5-6-18)14-31-12-16(2)30-26(21)31/h4,7-12,17-18H,5-6,13-14H2,1-3H3,(H2,27,28). The van der Waals surface area contributed by atoms with Gasteiger partial charge in [0.25, 0.3) is 0 Å². The number of nitrogen functional groups attached to an aromatic ring is 1. The Hall–Kier alpha value is -3.61. The van der Waals surface area contributed by atoms with Crippen LogP contribution in [0, 0.1) is 19.8 Å². The molecule has 6 rings (SSSR count). The van der Waals surface area contributed by atoms with Crippen LogP contribution >= 0.6 is 0 Å². The van der Waals surface area contributed by atoms with Gasteiger partial charge >= 0.3 is 0 Å². The smallest absolute Gasteiger partial charge is 0.166 e. The van der Waals surface area contributed by atoms with Crippen LogP contribution in [0.2, 0.25) is 0 Å². The first kappa shape index (κ1) is 20.0. The molecule has 7 heteroatoms. The third-order valence-corrected chi connectivity index (χ3v) is 6.63. The number of nitrogens with zero attached hydrogens (tertiary/aromatic N) is 5. The van der Waals surface area contributed by atoms with Crippen molar-refractivity contribution in [3.8, 4) is 28.4 Å². The van der Waals surface area contributed by atoms with Crippen molar-refractivity contribution in [3.63, 3.8) is 0 Å². The Bertz CT molecular complexity index is 1360. The third-order valence-electron chi connectivity index (χ3n) is 6.63. The lowest BCUT2D eigenvalue weighted by Gasteiger charge is -2.22. The summed E-state index contributed by atoms with van der Waals surface area (Å²) in [6.45, 7) is 7.79. The lowest BCUT2D eigenvalue weighted by Crippen LogP contribution is -2.12. The zero-order chi connectivity index (χ0) is 22.7. The minimum Gasteiger partial charge on any atom is -0.482 e. The first-order valence-corrected chi connectivity index (χ1v) is 11.6. The number of imidazole rings is 1. The van der Waals surface area contributed by atoms with Gasteiger partial charge < -0.3 is 15.0 Å². The number of fused-ring (bicyclic) bond motifs is 7. The maximum absolute atomic E-state index is 6.43. The van der Waals surface area contributed by atoms with Crippen LogP contribution < -0.4 is 10.5 Å². The monoisotopic (exact) mass is 440 g/mol. The average molecular weight is 441 g/mol. The fraction of sp³-hybridized carbons (Fsp3) is 0.346. The number of hydrogen-bond acceptors (Lipinski definition) is 5. The van der Waals surface area contributed by atoms with Gasteiger partial charge in [-0.25, -0.2) is 9.97 Å². The first-order valence-electron chi connectivity index (χ1n) is 11.6. The van der Waals surface area contributed by atoms with Gasteiger partial charge in [0.15, 0.2) is 11.6 Å². The summed E-state index contributed by atoms with van der Waals surface area (Å²) in [5.74, 6) is 2.63. The maximum Gasteiger partial charge on any atom is 0.166 e. The Balaban J connectivity index is 1.60. The normalized spacial score (nSPS) is 17.2. The van der Waals surface area contributed by atoms with Gasteiger partial charge in [0.05, 0.1) is 24.1 Å². The molecular formula is C26H28N6O. The molecule has 1 aromatic carbocycles. The number of anilines is 1. The zero-order valence-electron chi connectivity index (χ0n) is 19.2. The summed E-state index contributed by atoms with van der Waals surface area (Å²) in [6, 6.07) is 8.46. The second-order valence-electron chi connectivity index (χ2n) is 9.44. The van der Waals surface area contributed by atoms with Crippen molar-refractivity contribution < 1.29 is 4.74 Å². The molecule has 1 aliphatic carbocycles. The maximum atomic E-state index is 6.43. The summed E-state index contributed by atoms with van der Waals surface area (Å²) in [6.07, 6.45) is 8.24. The quantitative estimate of drug-likeness (QED) is 0.478. The molecule has 2 N–H and O–H groups in total. The van der Waals surface area contributed by atoms with Gasteiger partial charge in [0.2, 0.25) is 0 Å². The largest absolute Gasteiger partial charge is 0.482 e. The molecule has 2 bridgehead atoms. The molecule has 0 radical (unpaired) electrons. The Morgan fingerprint density at radius 3 is 2.82 bits per heavy atom. The molecule has 2 aliphatic rings. The van der Waals surface area contributed by atoms with Crippen molar-refractivity contribution in [2.24, 2.45) is 5.92 Å². The van der Waals surface area contributed by atoms with E-state index in [-0.39, 0.29) is 6.10 Å². The zero-order valence-corrected chi connectivity index (χ0v) is 19.2. The lowest BCUT2D eigenvalue weighted by atomic mass is 9.99. The summed E-state index contributed by atoms with van der Waals surface area (Å²) >= 11 is 0. The summed E-state index contributed by atoms with van der Waals surface area (Å²) in [5.41, 5.74) is 13.7. The molecule has 168 valence electrons. The van der Waals surface area contributed by atoms with Crippen molar-refractivity contribution in [3.05, 3.63) is 65.2 Å². The molecule has 3 aromatic heterocycles. The van der Waals surface area contributed by atoms with Crippen LogP contribution in [0.25, 0.3) is 22.6 Å². The predicted molar refractivity (Wildman–Crippen MR) is 128 cm³/mol. The van der Waals surface area contributed by atoms with Crippen LogP contribution in [-0.2, 0) is 13.1 Å².